The minimum absolute atomic E-state index is 0.00614. The summed E-state index contributed by atoms with van der Waals surface area (Å²) in [4.78, 5) is 265. The first-order valence-electron chi connectivity index (χ1n) is 45.4. The van der Waals surface area contributed by atoms with Crippen LogP contribution in [0.4, 0.5) is 0 Å². The molecule has 0 radical (unpaired) electrons. The number of hydrogen-bond donors (Lipinski definition) is 21. The molecule has 0 bridgehead atoms. The van der Waals surface area contributed by atoms with Crippen molar-refractivity contribution >= 4 is 150 Å². The highest BCUT2D eigenvalue weighted by Gasteiger charge is 2.60. The summed E-state index contributed by atoms with van der Waals surface area (Å²) in [5.74, 6) is -19.0. The highest BCUT2D eigenvalue weighted by molar-refractivity contribution is 8.00. The molecule has 1 aliphatic carbocycles. The van der Waals surface area contributed by atoms with Crippen LogP contribution in [0.2, 0.25) is 0 Å². The van der Waals surface area contributed by atoms with Gasteiger partial charge >= 0.3 is 0 Å². The van der Waals surface area contributed by atoms with Gasteiger partial charge < -0.3 is 126 Å². The van der Waals surface area contributed by atoms with Crippen LogP contribution in [0.1, 0.15) is 141 Å². The molecule has 17 amide bonds. The quantitative estimate of drug-likeness (QED) is 0.0154. The van der Waals surface area contributed by atoms with Crippen molar-refractivity contribution in [2.24, 2.45) is 29.0 Å². The van der Waals surface area contributed by atoms with E-state index < -0.39 is 247 Å². The van der Waals surface area contributed by atoms with E-state index in [1.807, 2.05) is 32.0 Å². The van der Waals surface area contributed by atoms with E-state index in [-0.39, 0.29) is 82.4 Å². The molecule has 3 aromatic heterocycles. The molecule has 1 unspecified atom stereocenters. The maximum absolute atomic E-state index is 15.8. The molecule has 2 saturated heterocycles. The molecule has 1 saturated carbocycles. The Balaban J connectivity index is 1.10. The number of phenolic OH excluding ortho intramolecular Hbond substituents is 1. The van der Waals surface area contributed by atoms with Gasteiger partial charge in [0.2, 0.25) is 100 Å². The number of thiophene rings is 1. The van der Waals surface area contributed by atoms with Crippen LogP contribution in [-0.2, 0) is 107 Å². The zero-order chi connectivity index (χ0) is 99.5. The molecule has 5 heterocycles. The first-order chi connectivity index (χ1) is 64.6. The molecule has 43 nitrogen and oxygen atoms in total. The number of likely N-dealkylation sites (N-methyl/N-ethyl adjacent to an activating group) is 3. The Kier molecular flexibility index (Phi) is 38.9. The number of nitrogens with two attached hydrogens (primary N) is 3. The van der Waals surface area contributed by atoms with Gasteiger partial charge in [-0.25, -0.2) is 4.98 Å². The highest BCUT2D eigenvalue weighted by atomic mass is 32.2. The summed E-state index contributed by atoms with van der Waals surface area (Å²) >= 11 is 2.10. The number of imidazole rings is 1. The molecule has 9 rings (SSSR count). The molecule has 3 aliphatic rings. The largest absolute Gasteiger partial charge is 0.508 e. The van der Waals surface area contributed by atoms with E-state index >= 15 is 43.2 Å². The molecule has 738 valence electrons. The monoisotopic (exact) mass is 1930 g/mol. The minimum Gasteiger partial charge on any atom is -0.508 e. The topological polar surface area (TPSA) is 655 Å². The number of carbonyl (C=O) groups excluding carboxylic acids is 17. The standard InChI is InChI=1S/C91H127N23O20S2/c1-10-12-23-69-83(128)102-60(22-18-30-97-90(94)95)78(123)108-68(77(122)99-41-74(93)119)45-135-46-75(120)101-65(32-51-26-28-55(116)29-27-51)85(130)111(7)50(6)76(121)103-63(37-73(92)118)82(127)110-91(38-49(91)5)89(134)109-62(35-54-40-96-47-100-54)80(125)105-64(31-48(3)4)87(132)114-42-56(117)36-71(114)84(129)104-61(33-52-39-98-59-21-16-14-19-57(52)59)79(124)107-67(43-115)81(126)106-66(34-53-44-136-72-25-17-15-20-58(53)72)86(131)113(9)70(24-13-11-2)88(133)112(69)8/h14-17,19-21,25-29,39-40,44,47-50,56,60-71,98,115-117H,10-13,18,22-24,30-38,41-43,45-46H2,1-9H3,(H2,92,118)(H2,93,119)(H,96,100)(H,99,122)(H,101,120)(H,102,128)(H,103,121)(H,104,129)(H,105,125)(H,106,126)(H,107,124)(H,108,123)(H,109,134)(H,110,127)(H4,94,95,97)/t49-,50-,56+,60-,61-,62-,63-,64-,65-,66-,67-,68?,69-,70-,71-,91-/m0/s1. The van der Waals surface area contributed by atoms with E-state index in [1.165, 1.54) is 76.2 Å². The maximum Gasteiger partial charge on any atom is 0.246 e. The number of phenols is 1. The van der Waals surface area contributed by atoms with Crippen molar-refractivity contribution in [2.45, 2.75) is 234 Å². The first kappa shape index (κ1) is 106. The summed E-state index contributed by atoms with van der Waals surface area (Å²) in [5.41, 5.74) is 17.3. The number of rotatable bonds is 26. The van der Waals surface area contributed by atoms with Gasteiger partial charge in [-0.15, -0.1) is 23.1 Å². The second-order valence-electron chi connectivity index (χ2n) is 35.2. The van der Waals surface area contributed by atoms with Crippen molar-refractivity contribution < 1.29 is 96.8 Å². The fraction of sp³-hybridized carbons (Fsp3) is 0.527. The second kappa shape index (κ2) is 49.8. The zero-order valence-electron chi connectivity index (χ0n) is 77.6. The number of fused-ring (bicyclic) bond motifs is 3. The van der Waals surface area contributed by atoms with Crippen LogP contribution in [-0.4, -0.2) is 305 Å². The molecule has 24 N–H and O–H groups in total. The summed E-state index contributed by atoms with van der Waals surface area (Å²) in [6.07, 6.45) is 1.78. The van der Waals surface area contributed by atoms with Gasteiger partial charge in [0.15, 0.2) is 5.96 Å². The Morgan fingerprint density at radius 1 is 0.596 bits per heavy atom. The number of unbranched alkanes of at least 4 members (excludes halogenated alkanes) is 2. The Morgan fingerprint density at radius 2 is 1.18 bits per heavy atom. The lowest BCUT2D eigenvalue weighted by Crippen LogP contribution is -2.62. The van der Waals surface area contributed by atoms with Crippen LogP contribution in [0, 0.1) is 17.2 Å². The van der Waals surface area contributed by atoms with Crippen molar-refractivity contribution in [1.82, 2.24) is 98.4 Å². The van der Waals surface area contributed by atoms with Crippen LogP contribution in [0.5, 0.6) is 5.75 Å². The van der Waals surface area contributed by atoms with Gasteiger partial charge in [0.1, 0.15) is 89.8 Å². The predicted molar refractivity (Wildman–Crippen MR) is 503 cm³/mol. The number of guanidine groups is 1. The van der Waals surface area contributed by atoms with Gasteiger partial charge in [0.05, 0.1) is 37.8 Å². The molecule has 136 heavy (non-hydrogen) atoms. The molecule has 1 spiro atoms. The smallest absolute Gasteiger partial charge is 0.246 e. The van der Waals surface area contributed by atoms with Crippen LogP contribution in [0.15, 0.2) is 96.9 Å². The number of nitrogens with zero attached hydrogens (tertiary/aromatic N) is 5. The number of amides is 17. The Morgan fingerprint density at radius 3 is 1.82 bits per heavy atom. The molecule has 6 aromatic rings. The highest BCUT2D eigenvalue weighted by Crippen LogP contribution is 2.44. The molecular weight excluding hydrogens is 1800 g/mol. The van der Waals surface area contributed by atoms with Gasteiger partial charge in [-0.1, -0.05) is 109 Å². The normalized spacial score (nSPS) is 25.6. The molecule has 3 fully saturated rings. The van der Waals surface area contributed by atoms with Crippen LogP contribution < -0.4 is 81.0 Å². The van der Waals surface area contributed by atoms with E-state index in [2.05, 4.69) is 78.8 Å². The number of aromatic amines is 2. The summed E-state index contributed by atoms with van der Waals surface area (Å²) in [7, 11) is 3.90. The van der Waals surface area contributed by atoms with Gasteiger partial charge in [-0.05, 0) is 109 Å². The number of aromatic hydroxyl groups is 1. The van der Waals surface area contributed by atoms with Gasteiger partial charge in [-0.2, -0.15) is 0 Å². The number of thioether (sulfide) groups is 1. The SMILES string of the molecule is CCCC[C@H]1C(=O)N(C)[C@@H](CCCC)C(=O)N[C@@H](CCCNC(=N)N)C(=O)NC(C(=O)NCC(N)=O)CSCC(=O)N[C@@H](Cc2ccc(O)cc2)C(=O)N(C)[C@@H](C)C(=O)N[C@@H](CC(N)=O)C(=O)N[C@]2(C[C@@H]2C)C(=O)N[C@@H](Cc2cnc[nH]2)C(=O)N[C@@H](CC(C)C)C(=O)N2C[C@H](O)C[C@H]2C(=O)N[C@@H](Cc2c[nH]c3ccccc23)C(=O)N[C@@H](CO)C(=O)N[C@@H](Cc2csc3ccccc23)C(=O)N1C. The predicted octanol–water partition coefficient (Wildman–Crippen LogP) is -2.29. The fourth-order valence-corrected chi connectivity index (χ4v) is 18.3. The number of aliphatic hydroxyl groups is 2. The number of para-hydroxylation sites is 1. The third kappa shape index (κ3) is 29.1. The summed E-state index contributed by atoms with van der Waals surface area (Å²) in [6, 6.07) is -0.789. The van der Waals surface area contributed by atoms with E-state index in [0.29, 0.717) is 64.4 Å². The van der Waals surface area contributed by atoms with Crippen LogP contribution in [0.25, 0.3) is 21.0 Å². The fourth-order valence-electron chi connectivity index (χ4n) is 16.5. The lowest BCUT2D eigenvalue weighted by Gasteiger charge is -2.36. The van der Waals surface area contributed by atoms with Crippen LogP contribution in [0.3, 0.4) is 0 Å². The van der Waals surface area contributed by atoms with E-state index in [4.69, 9.17) is 22.6 Å². The van der Waals surface area contributed by atoms with Crippen LogP contribution >= 0.6 is 23.1 Å². The first-order valence-corrected chi connectivity index (χ1v) is 47.4. The van der Waals surface area contributed by atoms with Gasteiger partial charge in [0.25, 0.3) is 0 Å². The number of primary amides is 2. The number of benzene rings is 3. The van der Waals surface area contributed by atoms with E-state index in [9.17, 15) is 53.7 Å². The number of H-pyrrole nitrogens is 2. The van der Waals surface area contributed by atoms with Gasteiger partial charge in [0, 0.05) is 106 Å². The average Bonchev–Trinajstić information content (AvgIpc) is 1.58. The third-order valence-electron chi connectivity index (χ3n) is 24.4. The van der Waals surface area contributed by atoms with Gasteiger partial charge in [-0.3, -0.25) is 86.9 Å². The molecule has 3 aromatic carbocycles. The maximum atomic E-state index is 15.8. The Bertz CT molecular complexity index is 5290. The second-order valence-corrected chi connectivity index (χ2v) is 37.2. The average molecular weight is 1930 g/mol. The van der Waals surface area contributed by atoms with Crippen molar-refractivity contribution in [3.8, 4) is 5.75 Å². The van der Waals surface area contributed by atoms with Crippen molar-refractivity contribution in [2.75, 3.05) is 58.9 Å². The molecular formula is C91H127N23O20S2. The molecule has 16 atom stereocenters. The Hall–Kier alpha value is -13.3. The number of aromatic nitrogens is 3. The number of aliphatic hydroxyl groups excluding tert-OH is 2. The number of carbonyl (C=O) groups is 17. The van der Waals surface area contributed by atoms with Crippen molar-refractivity contribution in [3.63, 3.8) is 0 Å². The van der Waals surface area contributed by atoms with E-state index in [0.717, 1.165) is 36.1 Å². The summed E-state index contributed by atoms with van der Waals surface area (Å²) < 4.78 is 0.810. The zero-order valence-corrected chi connectivity index (χ0v) is 79.2. The van der Waals surface area contributed by atoms with E-state index in [1.54, 1.807) is 62.7 Å². The lowest BCUT2D eigenvalue weighted by molar-refractivity contribution is -0.149. The van der Waals surface area contributed by atoms with Crippen molar-refractivity contribution in [3.05, 3.63) is 119 Å². The summed E-state index contributed by atoms with van der Waals surface area (Å²) in [5, 5.41) is 75.6. The minimum atomic E-state index is -1.89. The third-order valence-corrected chi connectivity index (χ3v) is 26.5. The lowest BCUT2D eigenvalue weighted by atomic mass is 10.00. The molecule has 2 aliphatic heterocycles. The molecule has 45 heteroatoms. The van der Waals surface area contributed by atoms with Crippen molar-refractivity contribution in [1.29, 1.82) is 5.41 Å². The number of nitrogens with one attached hydrogen (secondary N) is 15. The number of hydrogen-bond acceptors (Lipinski definition) is 24. The Labute approximate surface area is 794 Å². The summed E-state index contributed by atoms with van der Waals surface area (Å²) in [6.45, 7) is 7.71.